The predicted octanol–water partition coefficient (Wildman–Crippen LogP) is 3.10. The molecule has 0 aromatic rings. The molecule has 1 aliphatic rings. The van der Waals surface area contributed by atoms with Crippen molar-refractivity contribution in [3.05, 3.63) is 0 Å². The molecule has 1 heterocycles. The third-order valence-electron chi connectivity index (χ3n) is 2.02. The summed E-state index contributed by atoms with van der Waals surface area (Å²) in [4.78, 5) is 4.13. The molecule has 0 spiro atoms. The van der Waals surface area contributed by atoms with E-state index < -0.39 is 5.51 Å². The molecular weight excluding hydrogens is 257 g/mol. The zero-order chi connectivity index (χ0) is 12.2. The smallest absolute Gasteiger partial charge is 0.360 e. The number of rotatable bonds is 3. The van der Waals surface area contributed by atoms with Gasteiger partial charge in [-0.2, -0.15) is 13.2 Å². The standard InChI is InChI=1S/C9H15F3N2S2/c1-8(2)3-5-15-7(14-8)13-4-6-16-9(10,11)12/h3-6H2,1-2H3,(H,13,14). The molecule has 2 nitrogen and oxygen atoms in total. The first-order chi connectivity index (χ1) is 7.29. The molecule has 16 heavy (non-hydrogen) atoms. The highest BCUT2D eigenvalue weighted by molar-refractivity contribution is 8.13. The lowest BCUT2D eigenvalue weighted by Crippen LogP contribution is -2.46. The maximum Gasteiger partial charge on any atom is 0.441 e. The van der Waals surface area contributed by atoms with Crippen LogP contribution in [-0.4, -0.2) is 34.3 Å². The second kappa shape index (κ2) is 5.53. The quantitative estimate of drug-likeness (QED) is 0.799. The number of aliphatic imine (C=N–C) groups is 1. The Hall–Kier alpha value is -0.0400. The summed E-state index contributed by atoms with van der Waals surface area (Å²) in [5, 5.41) is 3.98. The Bertz CT molecular complexity index is 264. The van der Waals surface area contributed by atoms with Crippen molar-refractivity contribution in [2.45, 2.75) is 31.3 Å². The molecule has 0 aliphatic carbocycles. The highest BCUT2D eigenvalue weighted by Gasteiger charge is 2.27. The van der Waals surface area contributed by atoms with Crippen LogP contribution in [0.5, 0.6) is 0 Å². The lowest BCUT2D eigenvalue weighted by atomic mass is 10.0. The average molecular weight is 272 g/mol. The van der Waals surface area contributed by atoms with E-state index in [2.05, 4.69) is 24.2 Å². The highest BCUT2D eigenvalue weighted by Crippen LogP contribution is 2.29. The maximum absolute atomic E-state index is 11.8. The van der Waals surface area contributed by atoms with Gasteiger partial charge in [0.15, 0.2) is 5.17 Å². The summed E-state index contributed by atoms with van der Waals surface area (Å²) in [5.41, 5.74) is -4.14. The van der Waals surface area contributed by atoms with Crippen LogP contribution in [-0.2, 0) is 0 Å². The van der Waals surface area contributed by atoms with Crippen molar-refractivity contribution in [3.63, 3.8) is 0 Å². The summed E-state index contributed by atoms with van der Waals surface area (Å²) in [6.45, 7) is 4.33. The van der Waals surface area contributed by atoms with Crippen molar-refractivity contribution in [3.8, 4) is 0 Å². The zero-order valence-corrected chi connectivity index (χ0v) is 10.9. The molecule has 0 atom stereocenters. The van der Waals surface area contributed by atoms with E-state index in [4.69, 9.17) is 0 Å². The number of thioether (sulfide) groups is 2. The Balaban J connectivity index is 2.29. The van der Waals surface area contributed by atoms with Crippen LogP contribution in [0.4, 0.5) is 13.2 Å². The van der Waals surface area contributed by atoms with Crippen LogP contribution in [0.1, 0.15) is 20.3 Å². The van der Waals surface area contributed by atoms with Crippen molar-refractivity contribution >= 4 is 28.7 Å². The summed E-state index contributed by atoms with van der Waals surface area (Å²) in [6, 6.07) is 0. The van der Waals surface area contributed by atoms with Crippen molar-refractivity contribution in [1.82, 2.24) is 5.32 Å². The van der Waals surface area contributed by atoms with Crippen molar-refractivity contribution < 1.29 is 13.2 Å². The third-order valence-corrected chi connectivity index (χ3v) is 3.65. The number of hydrogen-bond donors (Lipinski definition) is 1. The van der Waals surface area contributed by atoms with Crippen LogP contribution < -0.4 is 5.32 Å². The van der Waals surface area contributed by atoms with E-state index in [0.717, 1.165) is 17.3 Å². The van der Waals surface area contributed by atoms with E-state index in [9.17, 15) is 13.2 Å². The van der Waals surface area contributed by atoms with Gasteiger partial charge < -0.3 is 5.32 Å². The number of hydrogen-bond acceptors (Lipinski definition) is 3. The monoisotopic (exact) mass is 272 g/mol. The van der Waals surface area contributed by atoms with Crippen molar-refractivity contribution in [2.75, 3.05) is 18.1 Å². The summed E-state index contributed by atoms with van der Waals surface area (Å²) in [6.07, 6.45) is 1.04. The lowest BCUT2D eigenvalue weighted by molar-refractivity contribution is -0.0327. The fourth-order valence-electron chi connectivity index (χ4n) is 1.18. The van der Waals surface area contributed by atoms with E-state index >= 15 is 0 Å². The van der Waals surface area contributed by atoms with Gasteiger partial charge in [-0.1, -0.05) is 11.8 Å². The van der Waals surface area contributed by atoms with Crippen LogP contribution in [0.3, 0.4) is 0 Å². The number of halogens is 3. The van der Waals surface area contributed by atoms with Gasteiger partial charge in [-0.15, -0.1) is 0 Å². The van der Waals surface area contributed by atoms with Gasteiger partial charge >= 0.3 is 5.51 Å². The Morgan fingerprint density at radius 3 is 2.75 bits per heavy atom. The summed E-state index contributed by atoms with van der Waals surface area (Å²) < 4.78 is 35.5. The van der Waals surface area contributed by atoms with E-state index in [0.29, 0.717) is 0 Å². The molecular formula is C9H15F3N2S2. The maximum atomic E-state index is 11.8. The molecule has 0 unspecified atom stereocenters. The molecule has 1 fully saturated rings. The van der Waals surface area contributed by atoms with Gasteiger partial charge in [0.05, 0.1) is 6.54 Å². The fraction of sp³-hybridized carbons (Fsp3) is 0.889. The Labute approximate surface area is 102 Å². The Morgan fingerprint density at radius 1 is 1.50 bits per heavy atom. The lowest BCUT2D eigenvalue weighted by Gasteiger charge is -2.32. The van der Waals surface area contributed by atoms with Crippen LogP contribution in [0, 0.1) is 0 Å². The van der Waals surface area contributed by atoms with Crippen LogP contribution in [0.2, 0.25) is 0 Å². The molecule has 0 radical (unpaired) electrons. The van der Waals surface area contributed by atoms with Crippen LogP contribution in [0.15, 0.2) is 4.99 Å². The summed E-state index contributed by atoms with van der Waals surface area (Å²) in [7, 11) is 0. The van der Waals surface area contributed by atoms with E-state index in [1.54, 1.807) is 11.8 Å². The van der Waals surface area contributed by atoms with Gasteiger partial charge in [0.2, 0.25) is 0 Å². The number of alkyl halides is 3. The first-order valence-electron chi connectivity index (χ1n) is 4.95. The molecule has 0 bridgehead atoms. The third kappa shape index (κ3) is 5.89. The molecule has 1 aliphatic heterocycles. The molecule has 0 saturated carbocycles. The topological polar surface area (TPSA) is 24.4 Å². The second-order valence-electron chi connectivity index (χ2n) is 4.09. The van der Waals surface area contributed by atoms with E-state index in [-0.39, 0.29) is 29.6 Å². The van der Waals surface area contributed by atoms with Gasteiger partial charge in [0.25, 0.3) is 0 Å². The van der Waals surface area contributed by atoms with Gasteiger partial charge in [0.1, 0.15) is 0 Å². The molecule has 94 valence electrons. The first-order valence-corrected chi connectivity index (χ1v) is 6.92. The number of nitrogens with zero attached hydrogens (tertiary/aromatic N) is 1. The van der Waals surface area contributed by atoms with Gasteiger partial charge in [0, 0.05) is 17.0 Å². The molecule has 1 saturated heterocycles. The van der Waals surface area contributed by atoms with E-state index in [1.807, 2.05) is 0 Å². The number of amidine groups is 1. The van der Waals surface area contributed by atoms with Crippen molar-refractivity contribution in [2.24, 2.45) is 4.99 Å². The highest BCUT2D eigenvalue weighted by atomic mass is 32.2. The predicted molar refractivity (Wildman–Crippen MR) is 65.1 cm³/mol. The summed E-state index contributed by atoms with van der Waals surface area (Å²) in [5.74, 6) is 0.945. The van der Waals surface area contributed by atoms with Crippen LogP contribution >= 0.6 is 23.5 Å². The molecule has 1 rings (SSSR count). The number of nitrogens with one attached hydrogen (secondary N) is 1. The average Bonchev–Trinajstić information content (AvgIpc) is 2.09. The normalized spacial score (nSPS) is 23.2. The van der Waals surface area contributed by atoms with E-state index in [1.165, 1.54) is 0 Å². The van der Waals surface area contributed by atoms with Crippen LogP contribution in [0.25, 0.3) is 0 Å². The minimum absolute atomic E-state index is 0.00124. The van der Waals surface area contributed by atoms with Gasteiger partial charge in [-0.3, -0.25) is 4.99 Å². The fourth-order valence-corrected chi connectivity index (χ4v) is 2.94. The van der Waals surface area contributed by atoms with Crippen molar-refractivity contribution in [1.29, 1.82) is 0 Å². The minimum Gasteiger partial charge on any atom is -0.360 e. The first kappa shape index (κ1) is 14.0. The van der Waals surface area contributed by atoms with Gasteiger partial charge in [-0.05, 0) is 32.0 Å². The SMILES string of the molecule is CC1(C)CCSC(=NCCSC(F)(F)F)N1. The molecule has 7 heteroatoms. The van der Waals surface area contributed by atoms with Gasteiger partial charge in [-0.25, -0.2) is 0 Å². The minimum atomic E-state index is -4.15. The molecule has 0 amide bonds. The largest absolute Gasteiger partial charge is 0.441 e. The Kier molecular flexibility index (Phi) is 4.85. The molecule has 1 N–H and O–H groups in total. The second-order valence-corrected chi connectivity index (χ2v) is 6.33. The zero-order valence-electron chi connectivity index (χ0n) is 9.23. The Morgan fingerprint density at radius 2 is 2.19 bits per heavy atom. The molecule has 0 aromatic carbocycles. The molecule has 0 aromatic heterocycles. The summed E-state index contributed by atoms with van der Waals surface area (Å²) >= 11 is 1.55.